The number of hydrogen-bond acceptors (Lipinski definition) is 0. The van der Waals surface area contributed by atoms with Gasteiger partial charge in [-0.05, 0) is 0 Å². The van der Waals surface area contributed by atoms with Crippen molar-refractivity contribution in [2.24, 2.45) is 0 Å². The average Bonchev–Trinajstić information content (AvgIpc) is 3.32. The fourth-order valence-corrected chi connectivity index (χ4v) is 40.7. The monoisotopic (exact) mass is 673 g/mol. The Balaban J connectivity index is 1.91. The molecule has 0 N–H and O–H groups in total. The molecule has 2 atom stereocenters. The molecule has 2 aromatic rings. The van der Waals surface area contributed by atoms with Gasteiger partial charge in [0.1, 0.15) is 0 Å². The molecule has 2 aliphatic rings. The molecule has 0 heterocycles. The van der Waals surface area contributed by atoms with Gasteiger partial charge in [0.25, 0.3) is 0 Å². The Hall–Kier alpha value is -0.486. The number of halogens is 2. The Morgan fingerprint density at radius 3 is 1.37 bits per heavy atom. The van der Waals surface area contributed by atoms with E-state index < -0.39 is 37.6 Å². The molecule has 0 bridgehead atoms. The molecule has 0 saturated carbocycles. The average molecular weight is 676 g/mol. The van der Waals surface area contributed by atoms with Gasteiger partial charge in [0.15, 0.2) is 0 Å². The summed E-state index contributed by atoms with van der Waals surface area (Å²) in [6.07, 6.45) is 9.51. The molecule has 0 amide bonds. The van der Waals surface area contributed by atoms with Gasteiger partial charge in [-0.15, -0.1) is 0 Å². The van der Waals surface area contributed by atoms with Crippen LogP contribution in [-0.4, -0.2) is 22.1 Å². The molecule has 203 valence electrons. The second kappa shape index (κ2) is 10.4. The van der Waals surface area contributed by atoms with Crippen LogP contribution in [0.1, 0.15) is 54.5 Å². The van der Waals surface area contributed by atoms with Gasteiger partial charge in [-0.2, -0.15) is 0 Å². The van der Waals surface area contributed by atoms with Crippen LogP contribution in [0.2, 0.25) is 52.4 Å². The van der Waals surface area contributed by atoms with Gasteiger partial charge in [-0.25, -0.2) is 0 Å². The number of hydrogen-bond donors (Lipinski definition) is 0. The van der Waals surface area contributed by atoms with Crippen molar-refractivity contribution in [3.8, 4) is 0 Å². The number of rotatable bonds is 7. The molecule has 2 aromatic carbocycles. The predicted molar refractivity (Wildman–Crippen MR) is 181 cm³/mol. The van der Waals surface area contributed by atoms with Crippen LogP contribution >= 0.6 is 17.0 Å². The third kappa shape index (κ3) is 5.52. The molecular formula is C32H45Cl2Si3Zr. The minimum absolute atomic E-state index is 0.155. The molecule has 4 rings (SSSR count). The maximum atomic E-state index is 8.32. The summed E-state index contributed by atoms with van der Waals surface area (Å²) in [5.74, 6) is -1.50. The van der Waals surface area contributed by atoms with Crippen molar-refractivity contribution in [1.82, 2.24) is 0 Å². The van der Waals surface area contributed by atoms with Gasteiger partial charge in [-0.1, -0.05) is 0 Å². The molecule has 0 fully saturated rings. The van der Waals surface area contributed by atoms with E-state index in [1.165, 1.54) is 44.5 Å². The van der Waals surface area contributed by atoms with E-state index in [-0.39, 0.29) is 7.25 Å². The van der Waals surface area contributed by atoms with Crippen molar-refractivity contribution in [3.05, 3.63) is 92.3 Å². The molecule has 6 heteroatoms. The second-order valence-electron chi connectivity index (χ2n) is 14.1. The standard InChI is InChI=1S/2C15H19Si.C2H7Si.2ClH.Zr/c2*1-12-10-14-7-5-6-13(15(14)11-12)8-9-16(2,3)4;1-3-2;;;/h2*5-11H,1-4H3;3H,1-2H3;2*1H;/q;;;;;+2/p-2. The minimum atomic E-state index is -4.57. The van der Waals surface area contributed by atoms with E-state index in [9.17, 15) is 0 Å². The van der Waals surface area contributed by atoms with Crippen molar-refractivity contribution in [2.75, 3.05) is 0 Å². The molecule has 0 spiro atoms. The van der Waals surface area contributed by atoms with Crippen LogP contribution in [0.3, 0.4) is 0 Å². The normalized spacial score (nSPS) is 21.0. The van der Waals surface area contributed by atoms with E-state index >= 15 is 0 Å². The van der Waals surface area contributed by atoms with E-state index in [2.05, 4.69) is 138 Å². The van der Waals surface area contributed by atoms with Crippen LogP contribution in [0.5, 0.6) is 0 Å². The zero-order chi connectivity index (χ0) is 28.3. The molecule has 0 aliphatic heterocycles. The van der Waals surface area contributed by atoms with E-state index in [0.717, 1.165) is 0 Å². The SMILES string of the molecule is CC1=Cc2c(C=C[Si](C)(C)C)cccc2[CH]1[Zr]([Cl])([Cl])([CH]1C(C)=Cc2c(C=C[Si](C)(C)C)cccc21)[SiH](C)C. The summed E-state index contributed by atoms with van der Waals surface area (Å²) in [6.45, 7) is 23.7. The van der Waals surface area contributed by atoms with Gasteiger partial charge >= 0.3 is 245 Å². The van der Waals surface area contributed by atoms with Crippen LogP contribution < -0.4 is 0 Å². The van der Waals surface area contributed by atoms with Gasteiger partial charge < -0.3 is 0 Å². The third-order valence-electron chi connectivity index (χ3n) is 8.36. The molecule has 38 heavy (non-hydrogen) atoms. The summed E-state index contributed by atoms with van der Waals surface area (Å²) >= 11 is -4.57. The first-order valence-corrected chi connectivity index (χ1v) is 37.5. The van der Waals surface area contributed by atoms with Gasteiger partial charge in [0, 0.05) is 0 Å². The fourth-order valence-electron chi connectivity index (χ4n) is 6.42. The van der Waals surface area contributed by atoms with Crippen LogP contribution in [-0.2, 0) is 15.6 Å². The van der Waals surface area contributed by atoms with E-state index in [1.54, 1.807) is 0 Å². The van der Waals surface area contributed by atoms with Crippen molar-refractivity contribution in [3.63, 3.8) is 0 Å². The summed E-state index contributed by atoms with van der Waals surface area (Å²) < 4.78 is 0.310. The molecular weight excluding hydrogens is 631 g/mol. The van der Waals surface area contributed by atoms with Crippen LogP contribution in [0.4, 0.5) is 0 Å². The van der Waals surface area contributed by atoms with Crippen molar-refractivity contribution < 1.29 is 15.6 Å². The quantitative estimate of drug-likeness (QED) is 0.256. The zero-order valence-electron chi connectivity index (χ0n) is 24.9. The molecule has 0 saturated heterocycles. The summed E-state index contributed by atoms with van der Waals surface area (Å²) in [5, 5.41) is 0. The van der Waals surface area contributed by atoms with E-state index in [1.807, 2.05) is 0 Å². The van der Waals surface area contributed by atoms with Crippen LogP contribution in [0.15, 0.2) is 58.9 Å². The first-order valence-electron chi connectivity index (χ1n) is 14.0. The molecule has 2 unspecified atom stereocenters. The van der Waals surface area contributed by atoms with E-state index in [0.29, 0.717) is 0 Å². The first kappa shape index (κ1) is 30.5. The predicted octanol–water partition coefficient (Wildman–Crippen LogP) is 11.1. The summed E-state index contributed by atoms with van der Waals surface area (Å²) in [7, 11) is 14.0. The fraction of sp³-hybridized carbons (Fsp3) is 0.375. The van der Waals surface area contributed by atoms with Crippen LogP contribution in [0.25, 0.3) is 24.3 Å². The molecule has 0 radical (unpaired) electrons. The maximum absolute atomic E-state index is 8.32. The number of benzene rings is 2. The van der Waals surface area contributed by atoms with Gasteiger partial charge in [0.05, 0.1) is 0 Å². The van der Waals surface area contributed by atoms with Gasteiger partial charge in [0.2, 0.25) is 0 Å². The second-order valence-corrected chi connectivity index (χ2v) is 66.8. The Kier molecular flexibility index (Phi) is 8.35. The molecule has 0 aromatic heterocycles. The Bertz CT molecular complexity index is 1280. The van der Waals surface area contributed by atoms with Gasteiger partial charge in [-0.3, -0.25) is 0 Å². The topological polar surface area (TPSA) is 0 Å². The molecule has 0 nitrogen and oxygen atoms in total. The Labute approximate surface area is 242 Å². The van der Waals surface area contributed by atoms with E-state index in [4.69, 9.17) is 17.0 Å². The number of fused-ring (bicyclic) bond motifs is 2. The number of allylic oxidation sites excluding steroid dienone is 2. The Morgan fingerprint density at radius 2 is 1.05 bits per heavy atom. The van der Waals surface area contributed by atoms with Crippen molar-refractivity contribution in [1.29, 1.82) is 0 Å². The van der Waals surface area contributed by atoms with Crippen molar-refractivity contribution >= 4 is 63.4 Å². The first-order chi connectivity index (χ1) is 17.4. The summed E-state index contributed by atoms with van der Waals surface area (Å²) in [6, 6.07) is 13.6. The van der Waals surface area contributed by atoms with Crippen molar-refractivity contribution in [2.45, 2.75) is 73.5 Å². The Morgan fingerprint density at radius 1 is 0.684 bits per heavy atom. The molecule has 2 aliphatic carbocycles. The van der Waals surface area contributed by atoms with Crippen LogP contribution in [0, 0.1) is 0 Å². The summed E-state index contributed by atoms with van der Waals surface area (Å²) in [4.78, 5) is 0. The zero-order valence-corrected chi connectivity index (χ0v) is 32.0. The third-order valence-corrected chi connectivity index (χ3v) is 63.0. The summed E-state index contributed by atoms with van der Waals surface area (Å²) in [5.41, 5.74) is 15.6.